The molecule has 0 spiro atoms. The zero-order chi connectivity index (χ0) is 30.5. The number of aromatic nitrogens is 2. The predicted octanol–water partition coefficient (Wildman–Crippen LogP) is 4.60. The van der Waals surface area contributed by atoms with Gasteiger partial charge in [-0.2, -0.15) is 22.1 Å². The van der Waals surface area contributed by atoms with Crippen molar-refractivity contribution in [2.24, 2.45) is 0 Å². The van der Waals surface area contributed by atoms with E-state index >= 15 is 0 Å². The Labute approximate surface area is 250 Å². The number of anilines is 2. The van der Waals surface area contributed by atoms with Crippen molar-refractivity contribution in [2.45, 2.75) is 45.7 Å². The number of nitriles is 1. The van der Waals surface area contributed by atoms with Gasteiger partial charge in [-0.3, -0.25) is 9.11 Å². The first kappa shape index (κ1) is 31.5. The van der Waals surface area contributed by atoms with Crippen LogP contribution in [0.25, 0.3) is 17.1 Å². The van der Waals surface area contributed by atoms with Crippen LogP contribution in [-0.2, 0) is 33.3 Å². The van der Waals surface area contributed by atoms with Crippen molar-refractivity contribution in [3.63, 3.8) is 0 Å². The molecule has 11 nitrogen and oxygen atoms in total. The Hall–Kier alpha value is -3.41. The normalized spacial score (nSPS) is 14.5. The molecule has 4 rings (SSSR count). The summed E-state index contributed by atoms with van der Waals surface area (Å²) in [6.07, 6.45) is 7.34. The lowest BCUT2D eigenvalue weighted by molar-refractivity contribution is -0.670. The molecule has 0 fully saturated rings. The molecule has 1 aliphatic rings. The molecule has 0 atom stereocenters. The fraction of sp³-hybridized carbons (Fsp3) is 0.357. The quantitative estimate of drug-likeness (QED) is 0.139. The zero-order valence-electron chi connectivity index (χ0n) is 23.1. The molecule has 2 aromatic carbocycles. The number of allylic oxidation sites excluding steroid dienone is 2. The van der Waals surface area contributed by atoms with Crippen LogP contribution in [0.5, 0.6) is 0 Å². The summed E-state index contributed by atoms with van der Waals surface area (Å²) in [5, 5.41) is 13.4. The minimum atomic E-state index is -4.05. The Kier molecular flexibility index (Phi) is 9.96. The number of fused-ring (bicyclic) bond motifs is 2. The molecular weight excluding hydrogens is 602 g/mol. The van der Waals surface area contributed by atoms with Crippen LogP contribution in [0.1, 0.15) is 44.0 Å². The predicted molar refractivity (Wildman–Crippen MR) is 163 cm³/mol. The molecule has 1 aliphatic heterocycles. The summed E-state index contributed by atoms with van der Waals surface area (Å²) >= 11 is 6.26. The van der Waals surface area contributed by atoms with Crippen LogP contribution in [-0.4, -0.2) is 48.6 Å². The van der Waals surface area contributed by atoms with Crippen LogP contribution in [0, 0.1) is 11.3 Å². The molecule has 0 bridgehead atoms. The molecule has 14 heteroatoms. The van der Waals surface area contributed by atoms with Crippen molar-refractivity contribution < 1.29 is 30.5 Å². The Morgan fingerprint density at radius 3 is 2.33 bits per heavy atom. The smallest absolute Gasteiger partial charge is 0.282 e. The molecule has 1 aromatic heterocycles. The van der Waals surface area contributed by atoms with E-state index in [-0.39, 0.29) is 17.9 Å². The van der Waals surface area contributed by atoms with Crippen LogP contribution in [0.4, 0.5) is 11.4 Å². The Bertz CT molecular complexity index is 1790. The van der Waals surface area contributed by atoms with Crippen molar-refractivity contribution >= 4 is 60.3 Å². The largest absolute Gasteiger partial charge is 0.340 e. The number of rotatable bonds is 13. The molecule has 224 valence electrons. The number of halogens is 1. The molecule has 0 amide bonds. The number of imidazole rings is 1. The van der Waals surface area contributed by atoms with Crippen LogP contribution < -0.4 is 14.8 Å². The summed E-state index contributed by atoms with van der Waals surface area (Å²) in [5.41, 5.74) is 4.00. The van der Waals surface area contributed by atoms with Crippen molar-refractivity contribution in [1.82, 2.24) is 4.57 Å². The van der Waals surface area contributed by atoms with E-state index in [1.165, 1.54) is 0 Å². The maximum atomic E-state index is 11.2. The lowest BCUT2D eigenvalue weighted by Gasteiger charge is -2.20. The average Bonchev–Trinajstić information content (AvgIpc) is 3.41. The van der Waals surface area contributed by atoms with Gasteiger partial charge in [0.05, 0.1) is 47.6 Å². The van der Waals surface area contributed by atoms with E-state index in [2.05, 4.69) is 16.0 Å². The molecular formula is C28H33ClN5O6S2+. The molecule has 0 aliphatic carbocycles. The number of benzene rings is 2. The zero-order valence-corrected chi connectivity index (χ0v) is 25.5. The second kappa shape index (κ2) is 13.3. The number of aryl methyl sites for hydroxylation is 2. The van der Waals surface area contributed by atoms with Gasteiger partial charge in [0.25, 0.3) is 26.1 Å². The van der Waals surface area contributed by atoms with Gasteiger partial charge in [0.2, 0.25) is 0 Å². The number of hydrogen-bond donors (Lipinski definition) is 3. The van der Waals surface area contributed by atoms with E-state index in [0.717, 1.165) is 34.1 Å². The molecule has 0 unspecified atom stereocenters. The summed E-state index contributed by atoms with van der Waals surface area (Å²) in [7, 11) is -8.09. The molecule has 42 heavy (non-hydrogen) atoms. The monoisotopic (exact) mass is 634 g/mol. The Balaban J connectivity index is 1.66. The third kappa shape index (κ3) is 7.90. The molecule has 2 heterocycles. The van der Waals surface area contributed by atoms with Crippen molar-refractivity contribution in [3.05, 3.63) is 70.8 Å². The fourth-order valence-corrected chi connectivity index (χ4v) is 6.36. The van der Waals surface area contributed by atoms with Gasteiger partial charge in [-0.15, -0.1) is 0 Å². The molecule has 3 aromatic rings. The van der Waals surface area contributed by atoms with Gasteiger partial charge < -0.3 is 10.2 Å². The molecule has 3 N–H and O–H groups in total. The summed E-state index contributed by atoms with van der Waals surface area (Å²) in [4.78, 5) is 2.01. The summed E-state index contributed by atoms with van der Waals surface area (Å²) in [6.45, 7) is 3.64. The highest BCUT2D eigenvalue weighted by Crippen LogP contribution is 2.38. The van der Waals surface area contributed by atoms with Crippen LogP contribution >= 0.6 is 11.6 Å². The van der Waals surface area contributed by atoms with Gasteiger partial charge in [0.15, 0.2) is 11.0 Å². The number of nitrogens with zero attached hydrogens (tertiary/aromatic N) is 4. The highest BCUT2D eigenvalue weighted by Gasteiger charge is 2.25. The van der Waals surface area contributed by atoms with E-state index < -0.39 is 20.2 Å². The van der Waals surface area contributed by atoms with Gasteiger partial charge in [-0.05, 0) is 69.0 Å². The van der Waals surface area contributed by atoms with E-state index in [4.69, 9.17) is 20.7 Å². The lowest BCUT2D eigenvalue weighted by atomic mass is 10.2. The number of unbranched alkanes of at least 4 members (excludes halogenated alkanes) is 2. The first-order chi connectivity index (χ1) is 19.9. The van der Waals surface area contributed by atoms with Crippen molar-refractivity contribution in [2.75, 3.05) is 28.3 Å². The standard InChI is InChI=1S/C28H32ClN5O6S2/c1-2-32-24-13-10-21(20-30)18-26(24)34(15-4-6-17-42(38,39)40)28(32)9-7-8-27-31-23-12-11-22(29)19-25(23)33(27)14-3-5-16-41(35,36)37/h7-13,18-19H,2-6,14-17H2,1H3,(H2,35,36,37,38,39,40)/p+1. The Morgan fingerprint density at radius 1 is 1.00 bits per heavy atom. The van der Waals surface area contributed by atoms with Gasteiger partial charge >= 0.3 is 0 Å². The molecule has 0 radical (unpaired) electrons. The number of hydrogen-bond acceptors (Lipinski definition) is 7. The minimum Gasteiger partial charge on any atom is -0.340 e. The van der Waals surface area contributed by atoms with Gasteiger partial charge in [-0.1, -0.05) is 17.7 Å². The highest BCUT2D eigenvalue weighted by molar-refractivity contribution is 7.86. The maximum Gasteiger partial charge on any atom is 0.282 e. The third-order valence-corrected chi connectivity index (χ3v) is 8.77. The van der Waals surface area contributed by atoms with E-state index in [0.29, 0.717) is 49.5 Å². The second-order valence-corrected chi connectivity index (χ2v) is 13.5. The van der Waals surface area contributed by atoms with Crippen LogP contribution in [0.3, 0.4) is 0 Å². The first-order valence-electron chi connectivity index (χ1n) is 13.5. The van der Waals surface area contributed by atoms with Gasteiger partial charge in [0, 0.05) is 23.7 Å². The van der Waals surface area contributed by atoms with Crippen molar-refractivity contribution in [3.8, 4) is 6.07 Å². The second-order valence-electron chi connectivity index (χ2n) is 9.90. The van der Waals surface area contributed by atoms with Gasteiger partial charge in [-0.25, -0.2) is 9.13 Å². The molecule has 0 saturated carbocycles. The maximum absolute atomic E-state index is 11.2. The van der Waals surface area contributed by atoms with Crippen LogP contribution in [0.15, 0.2) is 54.4 Å². The van der Waals surface area contributed by atoms with Crippen LogP contribution in [0.2, 0.25) is 5.02 Å². The van der Waals surface area contributed by atoms with Gasteiger partial charge in [0.1, 0.15) is 5.82 Å². The molecule has 0 saturated heterocycles. The van der Waals surface area contributed by atoms with E-state index in [1.54, 1.807) is 12.1 Å². The summed E-state index contributed by atoms with van der Waals surface area (Å²) < 4.78 is 67.1. The SMILES string of the molecule is CC[n+]1c(/C=C/C=C2\Nc3ccc(Cl)cc3N2CCCCS(=O)(=O)O)n(CCCCS(=O)(=O)O)c2cc(C#N)ccc21. The minimum absolute atomic E-state index is 0.285. The highest BCUT2D eigenvalue weighted by atomic mass is 35.5. The fourth-order valence-electron chi connectivity index (χ4n) is 5.05. The first-order valence-corrected chi connectivity index (χ1v) is 17.1. The summed E-state index contributed by atoms with van der Waals surface area (Å²) in [6, 6.07) is 13.1. The third-order valence-electron chi connectivity index (χ3n) is 6.93. The summed E-state index contributed by atoms with van der Waals surface area (Å²) in [5.74, 6) is 0.983. The topological polar surface area (TPSA) is 157 Å². The van der Waals surface area contributed by atoms with E-state index in [9.17, 15) is 22.1 Å². The average molecular weight is 635 g/mol. The number of nitrogens with one attached hydrogen (secondary N) is 1. The van der Waals surface area contributed by atoms with E-state index in [1.807, 2.05) is 58.9 Å². The Morgan fingerprint density at radius 2 is 1.69 bits per heavy atom. The van der Waals surface area contributed by atoms with Crippen molar-refractivity contribution in [1.29, 1.82) is 5.26 Å². The lowest BCUT2D eigenvalue weighted by Crippen LogP contribution is -2.35.